The summed E-state index contributed by atoms with van der Waals surface area (Å²) in [5.41, 5.74) is 11.5. The second-order valence-electron chi connectivity index (χ2n) is 6.90. The number of fused-ring (bicyclic) bond motifs is 9. The van der Waals surface area contributed by atoms with Crippen molar-refractivity contribution in [3.05, 3.63) is 95.1 Å². The van der Waals surface area contributed by atoms with Crippen molar-refractivity contribution in [3.8, 4) is 0 Å². The molecule has 1 nitrogen and oxygen atoms in total. The number of benzene rings is 2. The quantitative estimate of drug-likeness (QED) is 0.608. The Morgan fingerprint density at radius 2 is 1.17 bits per heavy atom. The van der Waals surface area contributed by atoms with Gasteiger partial charge < -0.3 is 4.90 Å². The molecule has 2 heterocycles. The number of para-hydroxylation sites is 2. The molecule has 2 aromatic rings. The molecule has 0 N–H and O–H groups in total. The van der Waals surface area contributed by atoms with E-state index in [1.165, 1.54) is 33.6 Å². The fourth-order valence-electron chi connectivity index (χ4n) is 4.84. The number of hydrogen-bond donors (Lipinski definition) is 0. The van der Waals surface area contributed by atoms with Crippen molar-refractivity contribution in [2.24, 2.45) is 0 Å². The van der Waals surface area contributed by atoms with Gasteiger partial charge in [-0.15, -0.1) is 0 Å². The summed E-state index contributed by atoms with van der Waals surface area (Å²) in [7, 11) is 0. The van der Waals surface area contributed by atoms with Crippen molar-refractivity contribution in [1.82, 2.24) is 0 Å². The average Bonchev–Trinajstić information content (AvgIpc) is 3.31. The minimum Gasteiger partial charge on any atom is -0.329 e. The molecule has 0 radical (unpaired) electrons. The topological polar surface area (TPSA) is 3.24 Å². The molecule has 0 spiro atoms. The Morgan fingerprint density at radius 1 is 0.667 bits per heavy atom. The summed E-state index contributed by atoms with van der Waals surface area (Å²) in [4.78, 5) is 2.59. The Balaban J connectivity index is 1.72. The van der Waals surface area contributed by atoms with E-state index in [0.29, 0.717) is 6.04 Å². The third kappa shape index (κ3) is 1.41. The molecule has 4 aliphatic rings. The first-order chi connectivity index (χ1) is 11.9. The van der Waals surface area contributed by atoms with Gasteiger partial charge >= 0.3 is 0 Å². The van der Waals surface area contributed by atoms with Gasteiger partial charge in [-0.3, -0.25) is 0 Å². The second kappa shape index (κ2) is 4.39. The van der Waals surface area contributed by atoms with Crippen molar-refractivity contribution < 1.29 is 0 Å². The van der Waals surface area contributed by atoms with Gasteiger partial charge in [0.15, 0.2) is 0 Å². The van der Waals surface area contributed by atoms with Crippen molar-refractivity contribution in [3.63, 3.8) is 0 Å². The summed E-state index contributed by atoms with van der Waals surface area (Å²) in [6, 6.07) is 18.1. The molecule has 0 aromatic heterocycles. The molecule has 2 aliphatic carbocycles. The van der Waals surface area contributed by atoms with Crippen molar-refractivity contribution in [1.29, 1.82) is 0 Å². The lowest BCUT2D eigenvalue weighted by molar-refractivity contribution is 0.792. The highest BCUT2D eigenvalue weighted by Gasteiger charge is 2.41. The van der Waals surface area contributed by atoms with Crippen molar-refractivity contribution >= 4 is 22.5 Å². The average molecular weight is 307 g/mol. The first kappa shape index (κ1) is 12.6. The molecular weight excluding hydrogens is 290 g/mol. The van der Waals surface area contributed by atoms with Crippen LogP contribution in [0.1, 0.15) is 24.0 Å². The Kier molecular flexibility index (Phi) is 2.30. The van der Waals surface area contributed by atoms with Crippen LogP contribution in [-0.4, -0.2) is 6.04 Å². The Bertz CT molecular complexity index is 934. The molecule has 0 atom stereocenters. The van der Waals surface area contributed by atoms with Gasteiger partial charge in [0, 0.05) is 22.5 Å². The highest BCUT2D eigenvalue weighted by molar-refractivity contribution is 6.00. The molecule has 24 heavy (non-hydrogen) atoms. The van der Waals surface area contributed by atoms with Gasteiger partial charge in [0.25, 0.3) is 0 Å². The van der Waals surface area contributed by atoms with E-state index >= 15 is 0 Å². The summed E-state index contributed by atoms with van der Waals surface area (Å²) in [5.74, 6) is 0. The second-order valence-corrected chi connectivity index (χ2v) is 6.90. The molecule has 2 aliphatic heterocycles. The highest BCUT2D eigenvalue weighted by Crippen LogP contribution is 2.54. The fraction of sp³-hybridized carbons (Fsp3) is 0.130. The predicted molar refractivity (Wildman–Crippen MR) is 100 cm³/mol. The predicted octanol–water partition coefficient (Wildman–Crippen LogP) is 5.65. The van der Waals surface area contributed by atoms with E-state index in [1.807, 2.05) is 0 Å². The molecule has 0 unspecified atom stereocenters. The summed E-state index contributed by atoms with van der Waals surface area (Å²) in [6.07, 6.45) is 11.5. The Labute approximate surface area is 141 Å². The lowest BCUT2D eigenvalue weighted by atomic mass is 9.80. The number of rotatable bonds is 0. The SMILES string of the molecule is C1=CC2=C(C1)C1C3=C(C=CC3)c3ccccc3N1c1ccccc12. The van der Waals surface area contributed by atoms with Gasteiger partial charge in [0.2, 0.25) is 0 Å². The van der Waals surface area contributed by atoms with Crippen LogP contribution < -0.4 is 4.90 Å². The van der Waals surface area contributed by atoms with Crippen LogP contribution in [-0.2, 0) is 0 Å². The first-order valence-electron chi connectivity index (χ1n) is 8.71. The Hall–Kier alpha value is -2.80. The first-order valence-corrected chi connectivity index (χ1v) is 8.71. The maximum absolute atomic E-state index is 2.59. The molecule has 0 saturated carbocycles. The monoisotopic (exact) mass is 307 g/mol. The minimum atomic E-state index is 0.379. The van der Waals surface area contributed by atoms with Crippen LogP contribution in [0.25, 0.3) is 11.1 Å². The smallest absolute Gasteiger partial charge is 0.0789 e. The fourth-order valence-corrected chi connectivity index (χ4v) is 4.84. The van der Waals surface area contributed by atoms with Crippen molar-refractivity contribution in [2.45, 2.75) is 18.9 Å². The zero-order chi connectivity index (χ0) is 15.7. The van der Waals surface area contributed by atoms with Gasteiger partial charge in [-0.25, -0.2) is 0 Å². The van der Waals surface area contributed by atoms with Gasteiger partial charge in [0.1, 0.15) is 0 Å². The lowest BCUT2D eigenvalue weighted by Gasteiger charge is -2.45. The maximum Gasteiger partial charge on any atom is 0.0789 e. The van der Waals surface area contributed by atoms with Crippen LogP contribution >= 0.6 is 0 Å². The van der Waals surface area contributed by atoms with Crippen LogP contribution in [0.3, 0.4) is 0 Å². The number of hydrogen-bond acceptors (Lipinski definition) is 1. The van der Waals surface area contributed by atoms with E-state index in [9.17, 15) is 0 Å². The molecule has 114 valence electrons. The molecule has 0 fully saturated rings. The van der Waals surface area contributed by atoms with Gasteiger partial charge in [-0.1, -0.05) is 60.7 Å². The molecular formula is C23H17N. The van der Waals surface area contributed by atoms with Gasteiger partial charge in [0.05, 0.1) is 6.04 Å². The molecule has 6 rings (SSSR count). The van der Waals surface area contributed by atoms with E-state index in [0.717, 1.165) is 12.8 Å². The number of anilines is 2. The lowest BCUT2D eigenvalue weighted by Crippen LogP contribution is -2.40. The van der Waals surface area contributed by atoms with Crippen molar-refractivity contribution in [2.75, 3.05) is 4.90 Å². The van der Waals surface area contributed by atoms with Crippen LogP contribution in [0.2, 0.25) is 0 Å². The summed E-state index contributed by atoms with van der Waals surface area (Å²) >= 11 is 0. The van der Waals surface area contributed by atoms with E-state index in [1.54, 1.807) is 11.1 Å². The molecule has 2 aromatic carbocycles. The van der Waals surface area contributed by atoms with Gasteiger partial charge in [-0.05, 0) is 47.3 Å². The highest BCUT2D eigenvalue weighted by atomic mass is 15.2. The van der Waals surface area contributed by atoms with E-state index in [-0.39, 0.29) is 0 Å². The third-order valence-corrected chi connectivity index (χ3v) is 5.76. The summed E-state index contributed by atoms with van der Waals surface area (Å²) in [5, 5.41) is 0. The van der Waals surface area contributed by atoms with Gasteiger partial charge in [-0.2, -0.15) is 0 Å². The molecule has 0 bridgehead atoms. The number of allylic oxidation sites excluding steroid dienone is 6. The van der Waals surface area contributed by atoms with E-state index in [4.69, 9.17) is 0 Å². The largest absolute Gasteiger partial charge is 0.329 e. The third-order valence-electron chi connectivity index (χ3n) is 5.76. The maximum atomic E-state index is 2.59. The summed E-state index contributed by atoms with van der Waals surface area (Å²) in [6.45, 7) is 0. The molecule has 0 amide bonds. The minimum absolute atomic E-state index is 0.379. The summed E-state index contributed by atoms with van der Waals surface area (Å²) < 4.78 is 0. The number of nitrogens with zero attached hydrogens (tertiary/aromatic N) is 1. The van der Waals surface area contributed by atoms with Crippen LogP contribution in [0.5, 0.6) is 0 Å². The van der Waals surface area contributed by atoms with E-state index in [2.05, 4.69) is 77.7 Å². The normalized spacial score (nSPS) is 20.1. The molecule has 0 saturated heterocycles. The van der Waals surface area contributed by atoms with Crippen LogP contribution in [0.4, 0.5) is 11.4 Å². The van der Waals surface area contributed by atoms with E-state index < -0.39 is 0 Å². The van der Waals surface area contributed by atoms with Crippen LogP contribution in [0, 0.1) is 0 Å². The zero-order valence-corrected chi connectivity index (χ0v) is 13.4. The molecule has 1 heteroatoms. The zero-order valence-electron chi connectivity index (χ0n) is 13.4. The Morgan fingerprint density at radius 3 is 1.71 bits per heavy atom. The standard InChI is InChI=1S/C23H17N/c1-3-13-21-17(7-1)15-9-5-11-19(15)23-20-12-6-10-16(20)18-8-2-4-14-22(18)24(21)23/h1-10,13-14,23H,11-12H2. The van der Waals surface area contributed by atoms with Crippen LogP contribution in [0.15, 0.2) is 84.0 Å².